The number of rotatable bonds is 5. The number of carbonyl (C=O) groups is 1. The second-order valence-electron chi connectivity index (χ2n) is 4.70. The van der Waals surface area contributed by atoms with Crippen LogP contribution in [0.15, 0.2) is 34.7 Å². The van der Waals surface area contributed by atoms with E-state index in [1.807, 2.05) is 30.3 Å². The number of benzene rings is 1. The molecule has 0 saturated heterocycles. The molecule has 2 N–H and O–H groups in total. The molecular formula is C14H16N2O2. The Kier molecular flexibility index (Phi) is 3.02. The molecule has 0 bridgehead atoms. The standard InChI is InChI=1S/C14H16N2O2/c17-14(16-11-5-6-11)9-15-8-12-7-10-3-1-2-4-13(10)18-12/h1-4,7,11,15H,5-6,8-9H2,(H,16,17). The summed E-state index contributed by atoms with van der Waals surface area (Å²) in [6, 6.07) is 10.3. The van der Waals surface area contributed by atoms with E-state index < -0.39 is 0 Å². The summed E-state index contributed by atoms with van der Waals surface area (Å²) in [6.45, 7) is 0.917. The Morgan fingerprint density at radius 3 is 2.94 bits per heavy atom. The van der Waals surface area contributed by atoms with E-state index in [4.69, 9.17) is 4.42 Å². The van der Waals surface area contributed by atoms with E-state index in [0.717, 1.165) is 29.6 Å². The van der Waals surface area contributed by atoms with Gasteiger partial charge in [-0.2, -0.15) is 0 Å². The van der Waals surface area contributed by atoms with Crippen LogP contribution in [0.5, 0.6) is 0 Å². The molecule has 0 spiro atoms. The minimum atomic E-state index is 0.0635. The van der Waals surface area contributed by atoms with Gasteiger partial charge >= 0.3 is 0 Å². The van der Waals surface area contributed by atoms with Gasteiger partial charge in [-0.3, -0.25) is 4.79 Å². The molecule has 1 saturated carbocycles. The zero-order chi connectivity index (χ0) is 12.4. The lowest BCUT2D eigenvalue weighted by atomic mass is 10.2. The first-order valence-electron chi connectivity index (χ1n) is 6.29. The topological polar surface area (TPSA) is 54.3 Å². The summed E-state index contributed by atoms with van der Waals surface area (Å²) in [5.41, 5.74) is 0.886. The number of furan rings is 1. The monoisotopic (exact) mass is 244 g/mol. The maximum Gasteiger partial charge on any atom is 0.234 e. The largest absolute Gasteiger partial charge is 0.460 e. The number of para-hydroxylation sites is 1. The Balaban J connectivity index is 1.51. The van der Waals surface area contributed by atoms with Gasteiger partial charge in [-0.05, 0) is 25.0 Å². The number of fused-ring (bicyclic) bond motifs is 1. The molecule has 0 aliphatic heterocycles. The predicted molar refractivity (Wildman–Crippen MR) is 69.1 cm³/mol. The second-order valence-corrected chi connectivity index (χ2v) is 4.70. The number of hydrogen-bond acceptors (Lipinski definition) is 3. The van der Waals surface area contributed by atoms with Crippen molar-refractivity contribution >= 4 is 16.9 Å². The van der Waals surface area contributed by atoms with Gasteiger partial charge in [-0.1, -0.05) is 18.2 Å². The van der Waals surface area contributed by atoms with Crippen LogP contribution in [0.4, 0.5) is 0 Å². The van der Waals surface area contributed by atoms with Gasteiger partial charge in [0.2, 0.25) is 5.91 Å². The summed E-state index contributed by atoms with van der Waals surface area (Å²) in [5.74, 6) is 0.920. The van der Waals surface area contributed by atoms with Crippen molar-refractivity contribution in [2.45, 2.75) is 25.4 Å². The van der Waals surface area contributed by atoms with E-state index in [-0.39, 0.29) is 5.91 Å². The van der Waals surface area contributed by atoms with E-state index in [1.165, 1.54) is 0 Å². The number of nitrogens with one attached hydrogen (secondary N) is 2. The van der Waals surface area contributed by atoms with Crippen LogP contribution in [-0.4, -0.2) is 18.5 Å². The Labute approximate surface area is 105 Å². The van der Waals surface area contributed by atoms with Crippen molar-refractivity contribution in [1.29, 1.82) is 0 Å². The first-order chi connectivity index (χ1) is 8.81. The van der Waals surface area contributed by atoms with Crippen LogP contribution in [0.25, 0.3) is 11.0 Å². The fourth-order valence-electron chi connectivity index (χ4n) is 1.93. The minimum absolute atomic E-state index is 0.0635. The molecule has 3 rings (SSSR count). The minimum Gasteiger partial charge on any atom is -0.460 e. The molecule has 0 radical (unpaired) electrons. The molecule has 1 aromatic heterocycles. The SMILES string of the molecule is O=C(CNCc1cc2ccccc2o1)NC1CC1. The van der Waals surface area contributed by atoms with Crippen LogP contribution >= 0.6 is 0 Å². The molecule has 0 unspecified atom stereocenters. The molecule has 18 heavy (non-hydrogen) atoms. The van der Waals surface area contributed by atoms with Crippen molar-refractivity contribution in [1.82, 2.24) is 10.6 Å². The van der Waals surface area contributed by atoms with Gasteiger partial charge in [0.05, 0.1) is 13.1 Å². The first-order valence-corrected chi connectivity index (χ1v) is 6.29. The van der Waals surface area contributed by atoms with Crippen molar-refractivity contribution in [3.05, 3.63) is 36.1 Å². The average Bonchev–Trinajstić information content (AvgIpc) is 3.07. The summed E-state index contributed by atoms with van der Waals surface area (Å²) in [6.07, 6.45) is 2.24. The van der Waals surface area contributed by atoms with Crippen LogP contribution in [0.3, 0.4) is 0 Å². The summed E-state index contributed by atoms with van der Waals surface area (Å²) >= 11 is 0. The lowest BCUT2D eigenvalue weighted by Gasteiger charge is -2.03. The fraction of sp³-hybridized carbons (Fsp3) is 0.357. The highest BCUT2D eigenvalue weighted by Gasteiger charge is 2.22. The Hall–Kier alpha value is -1.81. The molecule has 1 heterocycles. The van der Waals surface area contributed by atoms with E-state index in [9.17, 15) is 4.79 Å². The summed E-state index contributed by atoms with van der Waals surface area (Å²) in [4.78, 5) is 11.5. The molecule has 4 heteroatoms. The van der Waals surface area contributed by atoms with Gasteiger partial charge < -0.3 is 15.1 Å². The lowest BCUT2D eigenvalue weighted by Crippen LogP contribution is -2.34. The number of carbonyl (C=O) groups excluding carboxylic acids is 1. The predicted octanol–water partition coefficient (Wildman–Crippen LogP) is 1.80. The summed E-state index contributed by atoms with van der Waals surface area (Å²) < 4.78 is 5.65. The highest BCUT2D eigenvalue weighted by molar-refractivity contribution is 5.79. The Morgan fingerprint density at radius 2 is 2.17 bits per heavy atom. The highest BCUT2D eigenvalue weighted by Crippen LogP contribution is 2.19. The smallest absolute Gasteiger partial charge is 0.234 e. The van der Waals surface area contributed by atoms with Gasteiger partial charge in [0.25, 0.3) is 0 Å². The van der Waals surface area contributed by atoms with E-state index in [2.05, 4.69) is 10.6 Å². The molecule has 1 aromatic carbocycles. The van der Waals surface area contributed by atoms with Crippen molar-refractivity contribution in [3.8, 4) is 0 Å². The number of hydrogen-bond donors (Lipinski definition) is 2. The molecule has 4 nitrogen and oxygen atoms in total. The third-order valence-corrected chi connectivity index (χ3v) is 3.00. The van der Waals surface area contributed by atoms with Gasteiger partial charge in [0, 0.05) is 11.4 Å². The average molecular weight is 244 g/mol. The third kappa shape index (κ3) is 2.71. The van der Waals surface area contributed by atoms with Gasteiger partial charge in [-0.15, -0.1) is 0 Å². The van der Waals surface area contributed by atoms with Crippen molar-refractivity contribution in [2.24, 2.45) is 0 Å². The highest BCUT2D eigenvalue weighted by atomic mass is 16.3. The fourth-order valence-corrected chi connectivity index (χ4v) is 1.93. The third-order valence-electron chi connectivity index (χ3n) is 3.00. The van der Waals surface area contributed by atoms with Gasteiger partial charge in [0.15, 0.2) is 0 Å². The van der Waals surface area contributed by atoms with Crippen molar-refractivity contribution in [3.63, 3.8) is 0 Å². The Bertz CT molecular complexity index is 525. The molecule has 1 aliphatic rings. The van der Waals surface area contributed by atoms with Crippen molar-refractivity contribution < 1.29 is 9.21 Å². The lowest BCUT2D eigenvalue weighted by molar-refractivity contribution is -0.120. The molecule has 94 valence electrons. The molecular weight excluding hydrogens is 228 g/mol. The second kappa shape index (κ2) is 4.82. The van der Waals surface area contributed by atoms with Crippen LogP contribution in [-0.2, 0) is 11.3 Å². The summed E-state index contributed by atoms with van der Waals surface area (Å²) in [7, 11) is 0. The molecule has 1 aliphatic carbocycles. The molecule has 1 amide bonds. The quantitative estimate of drug-likeness (QED) is 0.843. The van der Waals surface area contributed by atoms with Crippen LogP contribution < -0.4 is 10.6 Å². The maximum atomic E-state index is 11.5. The van der Waals surface area contributed by atoms with Crippen LogP contribution in [0, 0.1) is 0 Å². The van der Waals surface area contributed by atoms with Gasteiger partial charge in [0.1, 0.15) is 11.3 Å². The first kappa shape index (κ1) is 11.3. The van der Waals surface area contributed by atoms with E-state index in [0.29, 0.717) is 19.1 Å². The summed E-state index contributed by atoms with van der Waals surface area (Å²) in [5, 5.41) is 7.12. The Morgan fingerprint density at radius 1 is 1.33 bits per heavy atom. The van der Waals surface area contributed by atoms with Gasteiger partial charge in [-0.25, -0.2) is 0 Å². The van der Waals surface area contributed by atoms with Crippen LogP contribution in [0.1, 0.15) is 18.6 Å². The molecule has 1 fully saturated rings. The molecule has 0 atom stereocenters. The maximum absolute atomic E-state index is 11.5. The van der Waals surface area contributed by atoms with Crippen molar-refractivity contribution in [2.75, 3.05) is 6.54 Å². The number of amides is 1. The van der Waals surface area contributed by atoms with Crippen LogP contribution in [0.2, 0.25) is 0 Å². The van der Waals surface area contributed by atoms with E-state index in [1.54, 1.807) is 0 Å². The normalized spacial score (nSPS) is 14.9. The zero-order valence-corrected chi connectivity index (χ0v) is 10.1. The zero-order valence-electron chi connectivity index (χ0n) is 10.1. The van der Waals surface area contributed by atoms with E-state index >= 15 is 0 Å². The molecule has 2 aromatic rings.